The van der Waals surface area contributed by atoms with Gasteiger partial charge in [0.05, 0.1) is 12.8 Å². The fraction of sp³-hybridized carbons (Fsp3) is 0.111. The number of hydrogen-bond donors (Lipinski definition) is 2. The molecule has 0 aliphatic rings. The van der Waals surface area contributed by atoms with E-state index in [2.05, 4.69) is 46.6 Å². The van der Waals surface area contributed by atoms with Crippen LogP contribution in [0.5, 0.6) is 5.75 Å². The second-order valence-corrected chi connectivity index (χ2v) is 6.40. The number of para-hydroxylation sites is 1. The van der Waals surface area contributed by atoms with Gasteiger partial charge in [0.25, 0.3) is 5.95 Å². The van der Waals surface area contributed by atoms with Crippen molar-refractivity contribution in [1.29, 1.82) is 0 Å². The van der Waals surface area contributed by atoms with E-state index in [4.69, 9.17) is 4.74 Å². The topological polar surface area (TPSA) is 88.1 Å². The van der Waals surface area contributed by atoms with Crippen molar-refractivity contribution in [3.8, 4) is 5.75 Å². The van der Waals surface area contributed by atoms with Gasteiger partial charge in [-0.2, -0.15) is 10.1 Å². The van der Waals surface area contributed by atoms with Crippen LogP contribution in [0, 0.1) is 0 Å². The molecule has 0 aliphatic carbocycles. The van der Waals surface area contributed by atoms with Crippen molar-refractivity contribution in [2.45, 2.75) is 6.92 Å². The van der Waals surface area contributed by atoms with Crippen molar-refractivity contribution in [3.63, 3.8) is 0 Å². The van der Waals surface area contributed by atoms with Crippen LogP contribution in [-0.2, 0) is 0 Å². The van der Waals surface area contributed by atoms with Gasteiger partial charge in [-0.25, -0.2) is 5.43 Å². The van der Waals surface area contributed by atoms with Crippen LogP contribution < -0.4 is 10.2 Å². The molecule has 7 nitrogen and oxygen atoms in total. The zero-order chi connectivity index (χ0) is 17.9. The number of fused-ring (bicyclic) bond motifs is 3. The van der Waals surface area contributed by atoms with E-state index in [0.29, 0.717) is 18.2 Å². The van der Waals surface area contributed by atoms with Gasteiger partial charge in [0.15, 0.2) is 5.65 Å². The minimum Gasteiger partial charge on any atom is -0.493 e. The van der Waals surface area contributed by atoms with Crippen LogP contribution >= 0.6 is 15.9 Å². The number of nitrogens with zero attached hydrogens (tertiary/aromatic N) is 4. The van der Waals surface area contributed by atoms with E-state index in [9.17, 15) is 0 Å². The van der Waals surface area contributed by atoms with Crippen LogP contribution in [0.25, 0.3) is 22.1 Å². The fourth-order valence-electron chi connectivity index (χ4n) is 2.63. The molecular formula is C18H15BrN6O. The SMILES string of the molecule is CCOc1ccc(Br)cc1/C=N/Nc1nnc2c(n1)[nH]c1ccccc12. The monoisotopic (exact) mass is 410 g/mol. The molecule has 0 saturated heterocycles. The minimum atomic E-state index is 0.313. The van der Waals surface area contributed by atoms with Gasteiger partial charge in [0, 0.05) is 20.9 Å². The Morgan fingerprint density at radius 3 is 3.00 bits per heavy atom. The molecule has 130 valence electrons. The third-order valence-corrected chi connectivity index (χ3v) is 4.26. The molecule has 0 amide bonds. The van der Waals surface area contributed by atoms with Crippen LogP contribution in [0.4, 0.5) is 5.95 Å². The summed E-state index contributed by atoms with van der Waals surface area (Å²) in [7, 11) is 0. The Kier molecular flexibility index (Phi) is 4.49. The van der Waals surface area contributed by atoms with E-state index in [-0.39, 0.29) is 0 Å². The van der Waals surface area contributed by atoms with E-state index in [1.54, 1.807) is 6.21 Å². The predicted molar refractivity (Wildman–Crippen MR) is 106 cm³/mol. The molecule has 0 radical (unpaired) electrons. The molecule has 0 saturated carbocycles. The average Bonchev–Trinajstić information content (AvgIpc) is 3.02. The summed E-state index contributed by atoms with van der Waals surface area (Å²) in [6, 6.07) is 13.6. The Morgan fingerprint density at radius 1 is 1.23 bits per heavy atom. The van der Waals surface area contributed by atoms with Gasteiger partial charge in [-0.1, -0.05) is 34.1 Å². The number of aromatic amines is 1. The highest BCUT2D eigenvalue weighted by atomic mass is 79.9. The Balaban J connectivity index is 1.59. The summed E-state index contributed by atoms with van der Waals surface area (Å²) in [4.78, 5) is 7.65. The summed E-state index contributed by atoms with van der Waals surface area (Å²) in [5.41, 5.74) is 6.03. The molecule has 26 heavy (non-hydrogen) atoms. The van der Waals surface area contributed by atoms with E-state index in [0.717, 1.165) is 32.2 Å². The van der Waals surface area contributed by atoms with Gasteiger partial charge in [0.2, 0.25) is 0 Å². The van der Waals surface area contributed by atoms with E-state index in [1.165, 1.54) is 0 Å². The molecule has 4 rings (SSSR count). The summed E-state index contributed by atoms with van der Waals surface area (Å²) < 4.78 is 6.54. The van der Waals surface area contributed by atoms with Gasteiger partial charge in [-0.15, -0.1) is 10.2 Å². The lowest BCUT2D eigenvalue weighted by molar-refractivity contribution is 0.339. The van der Waals surface area contributed by atoms with Crippen LogP contribution in [0.2, 0.25) is 0 Å². The number of aromatic nitrogens is 4. The van der Waals surface area contributed by atoms with Gasteiger partial charge in [-0.3, -0.25) is 0 Å². The molecule has 2 N–H and O–H groups in total. The highest BCUT2D eigenvalue weighted by molar-refractivity contribution is 9.10. The van der Waals surface area contributed by atoms with E-state index < -0.39 is 0 Å². The highest BCUT2D eigenvalue weighted by Crippen LogP contribution is 2.23. The minimum absolute atomic E-state index is 0.313. The third kappa shape index (κ3) is 3.23. The van der Waals surface area contributed by atoms with Gasteiger partial charge in [-0.05, 0) is 31.2 Å². The van der Waals surface area contributed by atoms with Crippen LogP contribution in [0.3, 0.4) is 0 Å². The third-order valence-electron chi connectivity index (χ3n) is 3.76. The first-order valence-electron chi connectivity index (χ1n) is 8.07. The van der Waals surface area contributed by atoms with Crippen molar-refractivity contribution in [2.24, 2.45) is 5.10 Å². The van der Waals surface area contributed by atoms with Crippen LogP contribution in [-0.4, -0.2) is 33.0 Å². The molecule has 2 aromatic heterocycles. The summed E-state index contributed by atoms with van der Waals surface area (Å²) in [5, 5.41) is 13.5. The van der Waals surface area contributed by atoms with E-state index >= 15 is 0 Å². The Bertz CT molecular complexity index is 1110. The zero-order valence-corrected chi connectivity index (χ0v) is 15.5. The normalized spacial score (nSPS) is 11.5. The number of hydrazone groups is 1. The molecular weight excluding hydrogens is 396 g/mol. The van der Waals surface area contributed by atoms with Crippen molar-refractivity contribution in [3.05, 3.63) is 52.5 Å². The number of halogens is 1. The average molecular weight is 411 g/mol. The molecule has 0 fully saturated rings. The highest BCUT2D eigenvalue weighted by Gasteiger charge is 2.08. The molecule has 0 atom stereocenters. The quantitative estimate of drug-likeness (QED) is 0.381. The Labute approximate surface area is 157 Å². The van der Waals surface area contributed by atoms with E-state index in [1.807, 2.05) is 49.4 Å². The Hall–Kier alpha value is -3.00. The fourth-order valence-corrected chi connectivity index (χ4v) is 3.01. The lowest BCUT2D eigenvalue weighted by atomic mass is 10.2. The number of rotatable bonds is 5. The number of anilines is 1. The van der Waals surface area contributed by atoms with Gasteiger partial charge < -0.3 is 9.72 Å². The number of hydrogen-bond acceptors (Lipinski definition) is 6. The summed E-state index contributed by atoms with van der Waals surface area (Å²) in [6.07, 6.45) is 1.66. The first-order chi connectivity index (χ1) is 12.7. The van der Waals surface area contributed by atoms with Crippen molar-refractivity contribution >= 4 is 50.2 Å². The summed E-state index contributed by atoms with van der Waals surface area (Å²) >= 11 is 3.45. The number of nitrogens with one attached hydrogen (secondary N) is 2. The first kappa shape index (κ1) is 16.5. The number of ether oxygens (including phenoxy) is 1. The maximum absolute atomic E-state index is 5.60. The molecule has 0 aliphatic heterocycles. The van der Waals surface area contributed by atoms with Crippen LogP contribution in [0.1, 0.15) is 12.5 Å². The maximum atomic E-state index is 5.60. The summed E-state index contributed by atoms with van der Waals surface area (Å²) in [5.74, 6) is 1.07. The molecule has 0 spiro atoms. The first-order valence-corrected chi connectivity index (χ1v) is 8.86. The lowest BCUT2D eigenvalue weighted by Crippen LogP contribution is -2.00. The molecule has 0 bridgehead atoms. The van der Waals surface area contributed by atoms with Gasteiger partial charge >= 0.3 is 0 Å². The second kappa shape index (κ2) is 7.09. The van der Waals surface area contributed by atoms with Gasteiger partial charge in [0.1, 0.15) is 11.3 Å². The zero-order valence-electron chi connectivity index (χ0n) is 13.9. The molecule has 8 heteroatoms. The number of H-pyrrole nitrogens is 1. The lowest BCUT2D eigenvalue weighted by Gasteiger charge is -2.07. The molecule has 2 aromatic carbocycles. The molecule has 0 unspecified atom stereocenters. The molecule has 4 aromatic rings. The summed E-state index contributed by atoms with van der Waals surface area (Å²) in [6.45, 7) is 2.52. The maximum Gasteiger partial charge on any atom is 0.265 e. The largest absolute Gasteiger partial charge is 0.493 e. The smallest absolute Gasteiger partial charge is 0.265 e. The second-order valence-electron chi connectivity index (χ2n) is 5.49. The van der Waals surface area contributed by atoms with Crippen molar-refractivity contribution in [2.75, 3.05) is 12.0 Å². The van der Waals surface area contributed by atoms with Crippen molar-refractivity contribution in [1.82, 2.24) is 20.2 Å². The molecule has 2 heterocycles. The van der Waals surface area contributed by atoms with Crippen molar-refractivity contribution < 1.29 is 4.74 Å². The number of benzene rings is 2. The Morgan fingerprint density at radius 2 is 2.12 bits per heavy atom. The van der Waals surface area contributed by atoms with Crippen LogP contribution in [0.15, 0.2) is 52.0 Å². The predicted octanol–water partition coefficient (Wildman–Crippen LogP) is 4.11. The standard InChI is InChI=1S/C18H15BrN6O/c1-2-26-15-8-7-12(19)9-11(15)10-20-24-18-22-17-16(23-25-18)13-5-3-4-6-14(13)21-17/h3-10H,2H2,1H3,(H2,21,22,24,25)/b20-10+.